The Hall–Kier alpha value is -0.610. The van der Waals surface area contributed by atoms with Gasteiger partial charge in [0.1, 0.15) is 0 Å². The topological polar surface area (TPSA) is 41.6 Å². The van der Waals surface area contributed by atoms with Crippen molar-refractivity contribution >= 4 is 5.91 Å². The third kappa shape index (κ3) is 4.46. The summed E-state index contributed by atoms with van der Waals surface area (Å²) < 4.78 is 5.44. The molecule has 1 amide bonds. The van der Waals surface area contributed by atoms with Crippen molar-refractivity contribution in [1.82, 2.24) is 10.2 Å². The molecule has 2 aliphatic rings. The van der Waals surface area contributed by atoms with Gasteiger partial charge < -0.3 is 15.0 Å². The summed E-state index contributed by atoms with van der Waals surface area (Å²) in [5, 5.41) is 3.57. The summed E-state index contributed by atoms with van der Waals surface area (Å²) in [5.41, 5.74) is 0.0541. The van der Waals surface area contributed by atoms with Crippen molar-refractivity contribution in [2.75, 3.05) is 26.3 Å². The molecule has 4 heteroatoms. The fourth-order valence-corrected chi connectivity index (χ4v) is 3.14. The summed E-state index contributed by atoms with van der Waals surface area (Å²) in [6.45, 7) is 7.79. The second kappa shape index (κ2) is 6.71. The number of amides is 1. The molecule has 2 fully saturated rings. The van der Waals surface area contributed by atoms with E-state index in [4.69, 9.17) is 4.74 Å². The van der Waals surface area contributed by atoms with Gasteiger partial charge in [-0.3, -0.25) is 4.79 Å². The summed E-state index contributed by atoms with van der Waals surface area (Å²) in [6, 6.07) is 0.224. The SMILES string of the molecule is C[C@@H](CC(=O)N1CCCCCC1)N[C@]1(C)CCOC1. The summed E-state index contributed by atoms with van der Waals surface area (Å²) in [7, 11) is 0. The minimum atomic E-state index is 0.0541. The van der Waals surface area contributed by atoms with E-state index in [0.717, 1.165) is 32.7 Å². The van der Waals surface area contributed by atoms with Crippen LogP contribution in [0, 0.1) is 0 Å². The monoisotopic (exact) mass is 268 g/mol. The maximum absolute atomic E-state index is 12.3. The van der Waals surface area contributed by atoms with E-state index < -0.39 is 0 Å². The molecule has 0 aromatic heterocycles. The lowest BCUT2D eigenvalue weighted by atomic mass is 9.99. The van der Waals surface area contributed by atoms with Gasteiger partial charge in [0.05, 0.1) is 6.61 Å². The number of carbonyl (C=O) groups excluding carboxylic acids is 1. The highest BCUT2D eigenvalue weighted by Crippen LogP contribution is 2.19. The first-order valence-electron chi connectivity index (χ1n) is 7.72. The first kappa shape index (κ1) is 14.8. The molecule has 0 aromatic carbocycles. The number of ether oxygens (including phenoxy) is 1. The van der Waals surface area contributed by atoms with Gasteiger partial charge in [0.2, 0.25) is 5.91 Å². The van der Waals surface area contributed by atoms with Crippen LogP contribution in [0.15, 0.2) is 0 Å². The number of nitrogens with one attached hydrogen (secondary N) is 1. The standard InChI is InChI=1S/C15H28N2O2/c1-13(16-15(2)7-10-19-12-15)11-14(18)17-8-5-3-4-6-9-17/h13,16H,3-12H2,1-2H3/t13-,15+/m0/s1. The van der Waals surface area contributed by atoms with Gasteiger partial charge in [-0.05, 0) is 33.1 Å². The Bertz CT molecular complexity index is 293. The third-order valence-electron chi connectivity index (χ3n) is 4.25. The van der Waals surface area contributed by atoms with Crippen LogP contribution in [0.2, 0.25) is 0 Å². The lowest BCUT2D eigenvalue weighted by Crippen LogP contribution is -2.49. The van der Waals surface area contributed by atoms with Crippen LogP contribution >= 0.6 is 0 Å². The first-order chi connectivity index (χ1) is 9.09. The molecule has 0 saturated carbocycles. The van der Waals surface area contributed by atoms with Crippen molar-refractivity contribution in [3.8, 4) is 0 Å². The molecule has 0 unspecified atom stereocenters. The number of rotatable bonds is 4. The largest absolute Gasteiger partial charge is 0.379 e. The number of carbonyl (C=O) groups is 1. The van der Waals surface area contributed by atoms with E-state index in [-0.39, 0.29) is 11.6 Å². The lowest BCUT2D eigenvalue weighted by molar-refractivity contribution is -0.131. The summed E-state index contributed by atoms with van der Waals surface area (Å²) >= 11 is 0. The molecule has 4 nitrogen and oxygen atoms in total. The van der Waals surface area contributed by atoms with Gasteiger partial charge in [-0.15, -0.1) is 0 Å². The van der Waals surface area contributed by atoms with Crippen molar-refractivity contribution in [3.05, 3.63) is 0 Å². The van der Waals surface area contributed by atoms with E-state index in [1.165, 1.54) is 25.7 Å². The van der Waals surface area contributed by atoms with Crippen molar-refractivity contribution in [1.29, 1.82) is 0 Å². The van der Waals surface area contributed by atoms with Crippen LogP contribution in [-0.2, 0) is 9.53 Å². The first-order valence-corrected chi connectivity index (χ1v) is 7.72. The van der Waals surface area contributed by atoms with E-state index in [9.17, 15) is 4.79 Å². The molecule has 2 aliphatic heterocycles. The normalized spacial score (nSPS) is 30.1. The third-order valence-corrected chi connectivity index (χ3v) is 4.25. The zero-order valence-electron chi connectivity index (χ0n) is 12.4. The van der Waals surface area contributed by atoms with Crippen LogP contribution in [0.4, 0.5) is 0 Å². The van der Waals surface area contributed by atoms with Gasteiger partial charge >= 0.3 is 0 Å². The Labute approximate surface area is 116 Å². The fraction of sp³-hybridized carbons (Fsp3) is 0.933. The van der Waals surface area contributed by atoms with E-state index >= 15 is 0 Å². The maximum Gasteiger partial charge on any atom is 0.224 e. The molecular formula is C15H28N2O2. The molecule has 0 aromatic rings. The van der Waals surface area contributed by atoms with Crippen LogP contribution in [-0.4, -0.2) is 48.7 Å². The molecule has 2 atom stereocenters. The second-order valence-corrected chi connectivity index (χ2v) is 6.41. The lowest BCUT2D eigenvalue weighted by Gasteiger charge is -2.29. The molecule has 2 saturated heterocycles. The molecule has 0 spiro atoms. The average molecular weight is 268 g/mol. The van der Waals surface area contributed by atoms with Gasteiger partial charge in [0.25, 0.3) is 0 Å². The van der Waals surface area contributed by atoms with E-state index in [2.05, 4.69) is 24.1 Å². The van der Waals surface area contributed by atoms with E-state index in [1.807, 2.05) is 0 Å². The van der Waals surface area contributed by atoms with Crippen LogP contribution in [0.3, 0.4) is 0 Å². The summed E-state index contributed by atoms with van der Waals surface area (Å²) in [4.78, 5) is 14.3. The molecular weight excluding hydrogens is 240 g/mol. The van der Waals surface area contributed by atoms with Gasteiger partial charge in [0, 0.05) is 37.7 Å². The fourth-order valence-electron chi connectivity index (χ4n) is 3.14. The molecule has 0 radical (unpaired) electrons. The van der Waals surface area contributed by atoms with Crippen LogP contribution in [0.1, 0.15) is 52.4 Å². The molecule has 1 N–H and O–H groups in total. The van der Waals surface area contributed by atoms with Gasteiger partial charge in [0.15, 0.2) is 0 Å². The molecule has 110 valence electrons. The van der Waals surface area contributed by atoms with Gasteiger partial charge in [-0.1, -0.05) is 12.8 Å². The Morgan fingerprint density at radius 2 is 2.00 bits per heavy atom. The van der Waals surface area contributed by atoms with Crippen molar-refractivity contribution in [3.63, 3.8) is 0 Å². The number of likely N-dealkylation sites (tertiary alicyclic amines) is 1. The zero-order valence-corrected chi connectivity index (χ0v) is 12.4. The average Bonchev–Trinajstić information content (AvgIpc) is 2.64. The molecule has 0 aliphatic carbocycles. The Kier molecular flexibility index (Phi) is 5.22. The Balaban J connectivity index is 1.77. The van der Waals surface area contributed by atoms with Crippen LogP contribution in [0.5, 0.6) is 0 Å². The van der Waals surface area contributed by atoms with Gasteiger partial charge in [-0.25, -0.2) is 0 Å². The predicted octanol–water partition coefficient (Wildman–Crippen LogP) is 1.94. The zero-order chi connectivity index (χ0) is 13.7. The maximum atomic E-state index is 12.3. The molecule has 2 rings (SSSR count). The summed E-state index contributed by atoms with van der Waals surface area (Å²) in [6.07, 6.45) is 6.52. The highest BCUT2D eigenvalue weighted by Gasteiger charge is 2.31. The minimum absolute atomic E-state index is 0.0541. The number of hydrogen-bond acceptors (Lipinski definition) is 3. The molecule has 2 heterocycles. The Morgan fingerprint density at radius 3 is 2.58 bits per heavy atom. The number of nitrogens with zero attached hydrogens (tertiary/aromatic N) is 1. The van der Waals surface area contributed by atoms with Crippen LogP contribution < -0.4 is 5.32 Å². The highest BCUT2D eigenvalue weighted by atomic mass is 16.5. The Morgan fingerprint density at radius 1 is 1.32 bits per heavy atom. The van der Waals surface area contributed by atoms with Crippen molar-refractivity contribution < 1.29 is 9.53 Å². The van der Waals surface area contributed by atoms with E-state index in [0.29, 0.717) is 12.3 Å². The second-order valence-electron chi connectivity index (χ2n) is 6.41. The molecule has 0 bridgehead atoms. The van der Waals surface area contributed by atoms with E-state index in [1.54, 1.807) is 0 Å². The quantitative estimate of drug-likeness (QED) is 0.847. The predicted molar refractivity (Wildman–Crippen MR) is 76.1 cm³/mol. The summed E-state index contributed by atoms with van der Waals surface area (Å²) in [5.74, 6) is 0.310. The number of hydrogen-bond donors (Lipinski definition) is 1. The highest BCUT2D eigenvalue weighted by molar-refractivity contribution is 5.76. The minimum Gasteiger partial charge on any atom is -0.379 e. The molecule has 19 heavy (non-hydrogen) atoms. The van der Waals surface area contributed by atoms with Gasteiger partial charge in [-0.2, -0.15) is 0 Å². The van der Waals surface area contributed by atoms with Crippen LogP contribution in [0.25, 0.3) is 0 Å². The van der Waals surface area contributed by atoms with Crippen molar-refractivity contribution in [2.24, 2.45) is 0 Å². The van der Waals surface area contributed by atoms with Crippen molar-refractivity contribution in [2.45, 2.75) is 64.0 Å². The smallest absolute Gasteiger partial charge is 0.224 e.